The second kappa shape index (κ2) is 6.07. The van der Waals surface area contributed by atoms with Gasteiger partial charge in [0.25, 0.3) is 0 Å². The predicted octanol–water partition coefficient (Wildman–Crippen LogP) is 1.72. The summed E-state index contributed by atoms with van der Waals surface area (Å²) in [5, 5.41) is 4.32. The Morgan fingerprint density at radius 3 is 2.71 bits per heavy atom. The fourth-order valence-corrected chi connectivity index (χ4v) is 2.64. The standard InChI is InChI=1S/C14H21N7/c1-2-8-21-11(6-7-16-21)12-17-13(15)19-14(18-12)20-9-4-3-5-10-20/h6-7H,2-5,8-10H2,1H3,(H2,15,17,18,19). The van der Waals surface area contributed by atoms with E-state index < -0.39 is 0 Å². The van der Waals surface area contributed by atoms with Crippen molar-refractivity contribution >= 4 is 11.9 Å². The molecular formula is C14H21N7. The Hall–Kier alpha value is -2.18. The number of aryl methyl sites for hydroxylation is 1. The molecule has 0 unspecified atom stereocenters. The van der Waals surface area contributed by atoms with Gasteiger partial charge in [0.1, 0.15) is 5.69 Å². The van der Waals surface area contributed by atoms with E-state index >= 15 is 0 Å². The zero-order valence-corrected chi connectivity index (χ0v) is 12.4. The third kappa shape index (κ3) is 2.96. The van der Waals surface area contributed by atoms with Crippen LogP contribution in [-0.4, -0.2) is 37.8 Å². The Kier molecular flexibility index (Phi) is 3.98. The van der Waals surface area contributed by atoms with Crippen molar-refractivity contribution in [2.24, 2.45) is 0 Å². The first kappa shape index (κ1) is 13.8. The number of hydrogen-bond donors (Lipinski definition) is 1. The number of rotatable bonds is 4. The normalized spacial score (nSPS) is 15.4. The molecule has 1 saturated heterocycles. The largest absolute Gasteiger partial charge is 0.368 e. The minimum atomic E-state index is 0.268. The average Bonchev–Trinajstić information content (AvgIpc) is 2.96. The first-order valence-electron chi connectivity index (χ1n) is 7.56. The van der Waals surface area contributed by atoms with Gasteiger partial charge < -0.3 is 10.6 Å². The summed E-state index contributed by atoms with van der Waals surface area (Å²) < 4.78 is 1.91. The van der Waals surface area contributed by atoms with Crippen molar-refractivity contribution in [3.63, 3.8) is 0 Å². The van der Waals surface area contributed by atoms with Crippen LogP contribution < -0.4 is 10.6 Å². The molecule has 7 nitrogen and oxygen atoms in total. The minimum Gasteiger partial charge on any atom is -0.368 e. The van der Waals surface area contributed by atoms with Gasteiger partial charge in [0.05, 0.1) is 0 Å². The fourth-order valence-electron chi connectivity index (χ4n) is 2.64. The monoisotopic (exact) mass is 287 g/mol. The van der Waals surface area contributed by atoms with Crippen LogP contribution in [0.2, 0.25) is 0 Å². The number of aromatic nitrogens is 5. The number of anilines is 2. The van der Waals surface area contributed by atoms with Gasteiger partial charge >= 0.3 is 0 Å². The molecule has 0 bridgehead atoms. The summed E-state index contributed by atoms with van der Waals surface area (Å²) in [5.74, 6) is 1.56. The molecule has 112 valence electrons. The molecule has 2 aromatic heterocycles. The van der Waals surface area contributed by atoms with Crippen LogP contribution in [0, 0.1) is 0 Å². The van der Waals surface area contributed by atoms with Crippen molar-refractivity contribution in [1.29, 1.82) is 0 Å². The second-order valence-corrected chi connectivity index (χ2v) is 5.30. The van der Waals surface area contributed by atoms with E-state index in [1.165, 1.54) is 19.3 Å². The molecule has 0 radical (unpaired) electrons. The zero-order valence-electron chi connectivity index (χ0n) is 12.4. The summed E-state index contributed by atoms with van der Waals surface area (Å²) in [6.07, 6.45) is 6.40. The van der Waals surface area contributed by atoms with Crippen molar-refractivity contribution in [2.45, 2.75) is 39.2 Å². The molecule has 1 aliphatic heterocycles. The maximum absolute atomic E-state index is 5.88. The average molecular weight is 287 g/mol. The van der Waals surface area contributed by atoms with E-state index in [2.05, 4.69) is 31.9 Å². The van der Waals surface area contributed by atoms with Crippen LogP contribution >= 0.6 is 0 Å². The SMILES string of the molecule is CCCn1nccc1-c1nc(N)nc(N2CCCCC2)n1. The molecule has 2 aromatic rings. The molecule has 1 aliphatic rings. The van der Waals surface area contributed by atoms with Crippen LogP contribution in [0.5, 0.6) is 0 Å². The van der Waals surface area contributed by atoms with Crippen molar-refractivity contribution in [3.05, 3.63) is 12.3 Å². The van der Waals surface area contributed by atoms with E-state index in [1.807, 2.05) is 10.7 Å². The molecular weight excluding hydrogens is 266 g/mol. The van der Waals surface area contributed by atoms with Crippen molar-refractivity contribution in [1.82, 2.24) is 24.7 Å². The van der Waals surface area contributed by atoms with E-state index in [1.54, 1.807) is 6.20 Å². The lowest BCUT2D eigenvalue weighted by molar-refractivity contribution is 0.567. The highest BCUT2D eigenvalue weighted by molar-refractivity contribution is 5.53. The molecule has 0 atom stereocenters. The molecule has 7 heteroatoms. The van der Waals surface area contributed by atoms with Crippen LogP contribution in [-0.2, 0) is 6.54 Å². The second-order valence-electron chi connectivity index (χ2n) is 5.30. The van der Waals surface area contributed by atoms with Crippen molar-refractivity contribution in [3.8, 4) is 11.5 Å². The minimum absolute atomic E-state index is 0.268. The third-order valence-electron chi connectivity index (χ3n) is 3.66. The lowest BCUT2D eigenvalue weighted by Crippen LogP contribution is -2.31. The third-order valence-corrected chi connectivity index (χ3v) is 3.66. The molecule has 0 aromatic carbocycles. The summed E-state index contributed by atoms with van der Waals surface area (Å²) in [6, 6.07) is 1.92. The first-order valence-corrected chi connectivity index (χ1v) is 7.56. The molecule has 3 heterocycles. The molecule has 3 rings (SSSR count). The van der Waals surface area contributed by atoms with Gasteiger partial charge in [0.15, 0.2) is 5.82 Å². The van der Waals surface area contributed by atoms with Crippen LogP contribution in [0.25, 0.3) is 11.5 Å². The van der Waals surface area contributed by atoms with Gasteiger partial charge in [-0.1, -0.05) is 6.92 Å². The van der Waals surface area contributed by atoms with E-state index in [0.29, 0.717) is 11.8 Å². The number of piperidine rings is 1. The number of nitrogen functional groups attached to an aromatic ring is 1. The zero-order chi connectivity index (χ0) is 14.7. The lowest BCUT2D eigenvalue weighted by Gasteiger charge is -2.26. The fraction of sp³-hybridized carbons (Fsp3) is 0.571. The van der Waals surface area contributed by atoms with Crippen LogP contribution in [0.1, 0.15) is 32.6 Å². The maximum Gasteiger partial charge on any atom is 0.230 e. The summed E-state index contributed by atoms with van der Waals surface area (Å²) in [6.45, 7) is 4.92. The molecule has 21 heavy (non-hydrogen) atoms. The lowest BCUT2D eigenvalue weighted by atomic mass is 10.1. The van der Waals surface area contributed by atoms with Gasteiger partial charge in [-0.25, -0.2) is 0 Å². The quantitative estimate of drug-likeness (QED) is 0.921. The van der Waals surface area contributed by atoms with Crippen LogP contribution in [0.3, 0.4) is 0 Å². The van der Waals surface area contributed by atoms with Gasteiger partial charge in [-0.15, -0.1) is 0 Å². The van der Waals surface area contributed by atoms with Gasteiger partial charge in [0.2, 0.25) is 11.9 Å². The van der Waals surface area contributed by atoms with E-state index in [9.17, 15) is 0 Å². The van der Waals surface area contributed by atoms with Gasteiger partial charge in [-0.05, 0) is 31.7 Å². The van der Waals surface area contributed by atoms with Crippen molar-refractivity contribution < 1.29 is 0 Å². The van der Waals surface area contributed by atoms with Gasteiger partial charge in [-0.2, -0.15) is 20.1 Å². The van der Waals surface area contributed by atoms with Crippen LogP contribution in [0.15, 0.2) is 12.3 Å². The topological polar surface area (TPSA) is 85.8 Å². The summed E-state index contributed by atoms with van der Waals surface area (Å²) in [4.78, 5) is 15.4. The Labute approximate surface area is 124 Å². The Morgan fingerprint density at radius 2 is 1.95 bits per heavy atom. The molecule has 0 aliphatic carbocycles. The first-order chi connectivity index (χ1) is 10.3. The number of nitrogens with two attached hydrogens (primary N) is 1. The Balaban J connectivity index is 1.95. The smallest absolute Gasteiger partial charge is 0.230 e. The highest BCUT2D eigenvalue weighted by Gasteiger charge is 2.17. The van der Waals surface area contributed by atoms with E-state index in [0.717, 1.165) is 31.7 Å². The number of nitrogens with zero attached hydrogens (tertiary/aromatic N) is 6. The predicted molar refractivity (Wildman–Crippen MR) is 81.8 cm³/mol. The van der Waals surface area contributed by atoms with Gasteiger partial charge in [0, 0.05) is 25.8 Å². The molecule has 1 fully saturated rings. The Morgan fingerprint density at radius 1 is 1.14 bits per heavy atom. The molecule has 0 saturated carbocycles. The molecule has 0 amide bonds. The Bertz CT molecular complexity index is 601. The molecule has 2 N–H and O–H groups in total. The van der Waals surface area contributed by atoms with Gasteiger partial charge in [-0.3, -0.25) is 4.68 Å². The van der Waals surface area contributed by atoms with E-state index in [4.69, 9.17) is 5.73 Å². The summed E-state index contributed by atoms with van der Waals surface area (Å²) >= 11 is 0. The highest BCUT2D eigenvalue weighted by Crippen LogP contribution is 2.21. The highest BCUT2D eigenvalue weighted by atomic mass is 15.3. The van der Waals surface area contributed by atoms with E-state index in [-0.39, 0.29) is 5.95 Å². The van der Waals surface area contributed by atoms with Crippen molar-refractivity contribution in [2.75, 3.05) is 23.7 Å². The maximum atomic E-state index is 5.88. The molecule has 0 spiro atoms. The van der Waals surface area contributed by atoms with Crippen LogP contribution in [0.4, 0.5) is 11.9 Å². The summed E-state index contributed by atoms with van der Waals surface area (Å²) in [5.41, 5.74) is 6.77. The summed E-state index contributed by atoms with van der Waals surface area (Å²) in [7, 11) is 0. The number of hydrogen-bond acceptors (Lipinski definition) is 6.